The van der Waals surface area contributed by atoms with Crippen LogP contribution in [0.1, 0.15) is 25.3 Å². The Morgan fingerprint density at radius 1 is 1.41 bits per heavy atom. The molecule has 0 bridgehead atoms. The lowest BCUT2D eigenvalue weighted by Crippen LogP contribution is -2.32. The number of carbonyl (C=O) groups is 1. The summed E-state index contributed by atoms with van der Waals surface area (Å²) in [5.74, 6) is -0.308. The van der Waals surface area contributed by atoms with Gasteiger partial charge < -0.3 is 10.6 Å². The second-order valence-corrected chi connectivity index (χ2v) is 3.61. The first-order chi connectivity index (χ1) is 8.24. The molecule has 17 heavy (non-hydrogen) atoms. The molecular weight excluding hydrogens is 219 g/mol. The fourth-order valence-electron chi connectivity index (χ4n) is 1.25. The van der Waals surface area contributed by atoms with Crippen molar-refractivity contribution in [3.63, 3.8) is 0 Å². The van der Waals surface area contributed by atoms with Crippen molar-refractivity contribution in [1.82, 2.24) is 10.6 Å². The van der Waals surface area contributed by atoms with E-state index in [1.54, 1.807) is 18.2 Å². The van der Waals surface area contributed by atoms with Crippen LogP contribution < -0.4 is 10.6 Å². The van der Waals surface area contributed by atoms with E-state index in [0.717, 1.165) is 12.8 Å². The highest BCUT2D eigenvalue weighted by atomic mass is 19.1. The Bertz CT molecular complexity index is 391. The van der Waals surface area contributed by atoms with Gasteiger partial charge in [0.15, 0.2) is 0 Å². The van der Waals surface area contributed by atoms with E-state index in [1.807, 2.05) is 0 Å². The summed E-state index contributed by atoms with van der Waals surface area (Å²) in [6, 6.07) is 6.11. The molecule has 0 saturated heterocycles. The molecule has 0 heterocycles. The third kappa shape index (κ3) is 5.15. The van der Waals surface area contributed by atoms with E-state index in [2.05, 4.69) is 17.6 Å². The van der Waals surface area contributed by atoms with Gasteiger partial charge in [-0.15, -0.1) is 0 Å². The van der Waals surface area contributed by atoms with Gasteiger partial charge in [-0.2, -0.15) is 0 Å². The number of amides is 2. The van der Waals surface area contributed by atoms with Crippen molar-refractivity contribution >= 4 is 12.1 Å². The normalized spacial score (nSPS) is 10.5. The summed E-state index contributed by atoms with van der Waals surface area (Å²) in [5.41, 5.74) is 0.446. The van der Waals surface area contributed by atoms with Gasteiger partial charge in [0.1, 0.15) is 5.82 Å². The topological polar surface area (TPSA) is 41.1 Å². The monoisotopic (exact) mass is 236 g/mol. The molecular formula is C13H17FN2O. The SMILES string of the molecule is CCCCNC(=O)N/C=C/c1ccccc1F. The molecule has 2 amide bonds. The van der Waals surface area contributed by atoms with Crippen LogP contribution in [0.5, 0.6) is 0 Å². The molecule has 0 spiro atoms. The molecule has 0 saturated carbocycles. The largest absolute Gasteiger partial charge is 0.338 e. The first-order valence-corrected chi connectivity index (χ1v) is 5.69. The van der Waals surface area contributed by atoms with E-state index in [-0.39, 0.29) is 11.8 Å². The van der Waals surface area contributed by atoms with Crippen molar-refractivity contribution in [3.05, 3.63) is 41.8 Å². The predicted molar refractivity (Wildman–Crippen MR) is 66.9 cm³/mol. The van der Waals surface area contributed by atoms with E-state index in [9.17, 15) is 9.18 Å². The van der Waals surface area contributed by atoms with Crippen molar-refractivity contribution in [1.29, 1.82) is 0 Å². The molecule has 0 radical (unpaired) electrons. The first kappa shape index (κ1) is 13.2. The maximum atomic E-state index is 13.2. The quantitative estimate of drug-likeness (QED) is 0.758. The van der Waals surface area contributed by atoms with Crippen LogP contribution in [0.15, 0.2) is 30.5 Å². The molecule has 1 rings (SSSR count). The summed E-state index contributed by atoms with van der Waals surface area (Å²) in [5, 5.41) is 5.21. The minimum absolute atomic E-state index is 0.272. The molecule has 0 fully saturated rings. The Balaban J connectivity index is 2.35. The van der Waals surface area contributed by atoms with Crippen LogP contribution >= 0.6 is 0 Å². The van der Waals surface area contributed by atoms with Crippen molar-refractivity contribution in [3.8, 4) is 0 Å². The number of rotatable bonds is 5. The molecule has 0 atom stereocenters. The first-order valence-electron chi connectivity index (χ1n) is 5.69. The van der Waals surface area contributed by atoms with Crippen LogP contribution in [-0.4, -0.2) is 12.6 Å². The molecule has 2 N–H and O–H groups in total. The average Bonchev–Trinajstić information content (AvgIpc) is 2.32. The smallest absolute Gasteiger partial charge is 0.318 e. The zero-order valence-electron chi connectivity index (χ0n) is 9.87. The number of urea groups is 1. The van der Waals surface area contributed by atoms with Gasteiger partial charge in [-0.3, -0.25) is 0 Å². The third-order valence-corrected chi connectivity index (χ3v) is 2.20. The molecule has 1 aromatic rings. The highest BCUT2D eigenvalue weighted by molar-refractivity contribution is 5.75. The number of hydrogen-bond donors (Lipinski definition) is 2. The molecule has 0 aliphatic carbocycles. The maximum Gasteiger partial charge on any atom is 0.318 e. The molecule has 0 unspecified atom stereocenters. The zero-order chi connectivity index (χ0) is 12.5. The molecule has 0 aliphatic rings. The van der Waals surface area contributed by atoms with E-state index in [1.165, 1.54) is 18.3 Å². The van der Waals surface area contributed by atoms with E-state index < -0.39 is 0 Å². The highest BCUT2D eigenvalue weighted by Gasteiger charge is 1.96. The highest BCUT2D eigenvalue weighted by Crippen LogP contribution is 2.07. The molecule has 4 heteroatoms. The second-order valence-electron chi connectivity index (χ2n) is 3.61. The third-order valence-electron chi connectivity index (χ3n) is 2.20. The van der Waals surface area contributed by atoms with Gasteiger partial charge in [0.25, 0.3) is 0 Å². The zero-order valence-corrected chi connectivity index (χ0v) is 9.87. The van der Waals surface area contributed by atoms with Gasteiger partial charge in [0.2, 0.25) is 0 Å². The summed E-state index contributed by atoms with van der Waals surface area (Å²) in [6.07, 6.45) is 4.93. The van der Waals surface area contributed by atoms with Crippen LogP contribution in [0.4, 0.5) is 9.18 Å². The molecule has 1 aromatic carbocycles. The van der Waals surface area contributed by atoms with Crippen LogP contribution in [0, 0.1) is 5.82 Å². The number of unbranched alkanes of at least 4 members (excludes halogenated alkanes) is 1. The second kappa shape index (κ2) is 7.44. The number of halogens is 1. The average molecular weight is 236 g/mol. The van der Waals surface area contributed by atoms with Gasteiger partial charge >= 0.3 is 6.03 Å². The Morgan fingerprint density at radius 3 is 2.88 bits per heavy atom. The van der Waals surface area contributed by atoms with Crippen molar-refractivity contribution in [2.75, 3.05) is 6.54 Å². The van der Waals surface area contributed by atoms with Gasteiger partial charge in [0, 0.05) is 18.3 Å². The van der Waals surface area contributed by atoms with Crippen LogP contribution in [-0.2, 0) is 0 Å². The Hall–Kier alpha value is -1.84. The molecule has 0 aliphatic heterocycles. The minimum atomic E-state index is -0.308. The fraction of sp³-hybridized carbons (Fsp3) is 0.308. The van der Waals surface area contributed by atoms with Crippen molar-refractivity contribution < 1.29 is 9.18 Å². The van der Waals surface area contributed by atoms with Crippen LogP contribution in [0.3, 0.4) is 0 Å². The summed E-state index contributed by atoms with van der Waals surface area (Å²) >= 11 is 0. The maximum absolute atomic E-state index is 13.2. The molecule has 0 aromatic heterocycles. The van der Waals surface area contributed by atoms with Gasteiger partial charge in [-0.25, -0.2) is 9.18 Å². The van der Waals surface area contributed by atoms with Crippen LogP contribution in [0.2, 0.25) is 0 Å². The van der Waals surface area contributed by atoms with Crippen molar-refractivity contribution in [2.45, 2.75) is 19.8 Å². The fourth-order valence-corrected chi connectivity index (χ4v) is 1.25. The number of carbonyl (C=O) groups excluding carboxylic acids is 1. The summed E-state index contributed by atoms with van der Waals surface area (Å²) in [7, 11) is 0. The van der Waals surface area contributed by atoms with E-state index in [0.29, 0.717) is 12.1 Å². The van der Waals surface area contributed by atoms with Crippen molar-refractivity contribution in [2.24, 2.45) is 0 Å². The minimum Gasteiger partial charge on any atom is -0.338 e. The molecule has 92 valence electrons. The summed E-state index contributed by atoms with van der Waals surface area (Å²) in [6.45, 7) is 2.70. The number of nitrogens with one attached hydrogen (secondary N) is 2. The lowest BCUT2D eigenvalue weighted by Gasteiger charge is -2.02. The van der Waals surface area contributed by atoms with E-state index >= 15 is 0 Å². The predicted octanol–water partition coefficient (Wildman–Crippen LogP) is 2.90. The lowest BCUT2D eigenvalue weighted by atomic mass is 10.2. The van der Waals surface area contributed by atoms with E-state index in [4.69, 9.17) is 0 Å². The van der Waals surface area contributed by atoms with Crippen LogP contribution in [0.25, 0.3) is 6.08 Å². The summed E-state index contributed by atoms with van der Waals surface area (Å²) in [4.78, 5) is 11.2. The lowest BCUT2D eigenvalue weighted by molar-refractivity contribution is 0.244. The van der Waals surface area contributed by atoms with Gasteiger partial charge in [0.05, 0.1) is 0 Å². The standard InChI is InChI=1S/C13H17FN2O/c1-2-3-9-15-13(17)16-10-8-11-6-4-5-7-12(11)14/h4-8,10H,2-3,9H2,1H3,(H2,15,16,17)/b10-8+. The Labute approximate surface area is 101 Å². The van der Waals surface area contributed by atoms with Gasteiger partial charge in [-0.05, 0) is 18.6 Å². The molecule has 3 nitrogen and oxygen atoms in total. The number of benzene rings is 1. The summed E-state index contributed by atoms with van der Waals surface area (Å²) < 4.78 is 13.2. The Morgan fingerprint density at radius 2 is 2.18 bits per heavy atom. The Kier molecular flexibility index (Phi) is 5.79. The van der Waals surface area contributed by atoms with Gasteiger partial charge in [-0.1, -0.05) is 31.5 Å². The number of hydrogen-bond acceptors (Lipinski definition) is 1.